The largest absolute Gasteiger partial charge is 0.481 e. The van der Waals surface area contributed by atoms with E-state index in [0.717, 1.165) is 40.1 Å². The van der Waals surface area contributed by atoms with Crippen molar-refractivity contribution in [1.82, 2.24) is 14.5 Å². The number of fused-ring (bicyclic) bond motifs is 1. The number of allylic oxidation sites excluding steroid dienone is 2. The zero-order valence-electron chi connectivity index (χ0n) is 15.6. The van der Waals surface area contributed by atoms with Gasteiger partial charge < -0.3 is 9.67 Å². The van der Waals surface area contributed by atoms with Crippen LogP contribution >= 0.6 is 0 Å². The summed E-state index contributed by atoms with van der Waals surface area (Å²) in [7, 11) is 0. The first-order chi connectivity index (χ1) is 13.0. The van der Waals surface area contributed by atoms with E-state index < -0.39 is 11.4 Å². The topological polar surface area (TPSA) is 68.0 Å². The van der Waals surface area contributed by atoms with Crippen molar-refractivity contribution in [1.29, 1.82) is 0 Å². The van der Waals surface area contributed by atoms with Gasteiger partial charge in [0.1, 0.15) is 11.3 Å². The molecule has 1 aliphatic rings. The first-order valence-electron chi connectivity index (χ1n) is 9.33. The van der Waals surface area contributed by atoms with Gasteiger partial charge >= 0.3 is 5.97 Å². The molecule has 2 aromatic heterocycles. The zero-order valence-corrected chi connectivity index (χ0v) is 15.6. The maximum absolute atomic E-state index is 11.9. The van der Waals surface area contributed by atoms with Gasteiger partial charge in [0, 0.05) is 12.6 Å². The van der Waals surface area contributed by atoms with Crippen LogP contribution < -0.4 is 0 Å². The van der Waals surface area contributed by atoms with Crippen LogP contribution in [0.1, 0.15) is 42.3 Å². The molecule has 0 unspecified atom stereocenters. The molecule has 4 rings (SSSR count). The van der Waals surface area contributed by atoms with Crippen molar-refractivity contribution in [2.45, 2.75) is 45.1 Å². The van der Waals surface area contributed by atoms with E-state index in [2.05, 4.69) is 23.4 Å². The van der Waals surface area contributed by atoms with Gasteiger partial charge in [-0.3, -0.25) is 4.79 Å². The van der Waals surface area contributed by atoms with Gasteiger partial charge in [-0.2, -0.15) is 0 Å². The molecule has 0 atom stereocenters. The molecule has 1 N–H and O–H groups in total. The third kappa shape index (κ3) is 2.83. The number of imidazole rings is 1. The second-order valence-corrected chi connectivity index (χ2v) is 7.23. The highest BCUT2D eigenvalue weighted by Crippen LogP contribution is 2.37. The molecule has 5 heteroatoms. The number of aryl methyl sites for hydroxylation is 2. The van der Waals surface area contributed by atoms with Crippen LogP contribution in [-0.2, 0) is 23.2 Å². The van der Waals surface area contributed by atoms with Gasteiger partial charge in [-0.25, -0.2) is 9.97 Å². The van der Waals surface area contributed by atoms with Gasteiger partial charge in [0.05, 0.1) is 12.0 Å². The Morgan fingerprint density at radius 3 is 2.52 bits per heavy atom. The number of rotatable bonds is 5. The number of carbonyl (C=O) groups is 1. The number of pyridine rings is 1. The molecular formula is C22H23N3O2. The summed E-state index contributed by atoms with van der Waals surface area (Å²) < 4.78 is 2.15. The number of aliphatic carboxylic acids is 1. The molecule has 3 aromatic rings. The Bertz CT molecular complexity index is 1020. The Morgan fingerprint density at radius 2 is 1.89 bits per heavy atom. The second-order valence-electron chi connectivity index (χ2n) is 7.23. The van der Waals surface area contributed by atoms with Crippen LogP contribution in [0.25, 0.3) is 11.2 Å². The van der Waals surface area contributed by atoms with Crippen LogP contribution in [0.2, 0.25) is 0 Å². The first kappa shape index (κ1) is 17.5. The Balaban J connectivity index is 1.68. The molecule has 0 aliphatic heterocycles. The molecule has 5 nitrogen and oxygen atoms in total. The highest BCUT2D eigenvalue weighted by molar-refractivity contribution is 5.82. The quantitative estimate of drug-likeness (QED) is 0.697. The SMILES string of the molecule is CCc1nc2c(C)ccnc2n1Cc1ccc(C2(C(=O)O)CC=CC2)cc1. The molecule has 27 heavy (non-hydrogen) atoms. The van der Waals surface area contributed by atoms with Gasteiger partial charge in [0.15, 0.2) is 5.65 Å². The highest BCUT2D eigenvalue weighted by Gasteiger charge is 2.40. The van der Waals surface area contributed by atoms with E-state index in [0.29, 0.717) is 19.4 Å². The average molecular weight is 361 g/mol. The number of aromatic nitrogens is 3. The summed E-state index contributed by atoms with van der Waals surface area (Å²) in [6.07, 6.45) is 7.68. The van der Waals surface area contributed by atoms with Crippen LogP contribution in [0.4, 0.5) is 0 Å². The van der Waals surface area contributed by atoms with Crippen LogP contribution in [0.15, 0.2) is 48.7 Å². The molecule has 0 saturated carbocycles. The summed E-state index contributed by atoms with van der Waals surface area (Å²) in [5.74, 6) is 0.256. The minimum Gasteiger partial charge on any atom is -0.481 e. The van der Waals surface area contributed by atoms with Gasteiger partial charge in [0.25, 0.3) is 0 Å². The molecule has 0 fully saturated rings. The van der Waals surface area contributed by atoms with E-state index in [4.69, 9.17) is 4.98 Å². The number of benzene rings is 1. The number of hydrogen-bond acceptors (Lipinski definition) is 3. The predicted molar refractivity (Wildman–Crippen MR) is 105 cm³/mol. The van der Waals surface area contributed by atoms with Crippen molar-refractivity contribution < 1.29 is 9.90 Å². The summed E-state index contributed by atoms with van der Waals surface area (Å²) in [6.45, 7) is 4.82. The average Bonchev–Trinajstić information content (AvgIpc) is 3.29. The monoisotopic (exact) mass is 361 g/mol. The van der Waals surface area contributed by atoms with Gasteiger partial charge in [-0.1, -0.05) is 43.3 Å². The van der Waals surface area contributed by atoms with E-state index in [1.807, 2.05) is 48.7 Å². The highest BCUT2D eigenvalue weighted by atomic mass is 16.4. The second kappa shape index (κ2) is 6.65. The maximum Gasteiger partial charge on any atom is 0.314 e. The summed E-state index contributed by atoms with van der Waals surface area (Å²) in [6, 6.07) is 9.95. The van der Waals surface area contributed by atoms with E-state index in [-0.39, 0.29) is 0 Å². The Labute approximate surface area is 158 Å². The molecule has 1 aromatic carbocycles. The Morgan fingerprint density at radius 1 is 1.19 bits per heavy atom. The van der Waals surface area contributed by atoms with Gasteiger partial charge in [-0.15, -0.1) is 0 Å². The molecule has 0 spiro atoms. The van der Waals surface area contributed by atoms with E-state index in [1.165, 1.54) is 0 Å². The fourth-order valence-corrected chi connectivity index (χ4v) is 3.92. The third-order valence-electron chi connectivity index (χ3n) is 5.59. The fraction of sp³-hybridized carbons (Fsp3) is 0.318. The molecule has 0 bridgehead atoms. The van der Waals surface area contributed by atoms with E-state index >= 15 is 0 Å². The van der Waals surface area contributed by atoms with E-state index in [1.54, 1.807) is 0 Å². The normalized spacial score (nSPS) is 15.5. The predicted octanol–water partition coefficient (Wildman–Crippen LogP) is 4.02. The number of carboxylic acids is 1. The lowest BCUT2D eigenvalue weighted by Gasteiger charge is -2.24. The van der Waals surface area contributed by atoms with Crippen molar-refractivity contribution >= 4 is 17.1 Å². The molecular weight excluding hydrogens is 338 g/mol. The lowest BCUT2D eigenvalue weighted by molar-refractivity contribution is -0.143. The molecule has 0 saturated heterocycles. The fourth-order valence-electron chi connectivity index (χ4n) is 3.92. The van der Waals surface area contributed by atoms with Crippen molar-refractivity contribution in [2.24, 2.45) is 0 Å². The molecule has 138 valence electrons. The number of hydrogen-bond donors (Lipinski definition) is 1. The van der Waals surface area contributed by atoms with Crippen LogP contribution in [0, 0.1) is 6.92 Å². The summed E-state index contributed by atoms with van der Waals surface area (Å²) in [5, 5.41) is 9.75. The number of carboxylic acid groups (broad SMARTS) is 1. The molecule has 0 amide bonds. The van der Waals surface area contributed by atoms with Gasteiger partial charge in [-0.05, 0) is 42.5 Å². The lowest BCUT2D eigenvalue weighted by Crippen LogP contribution is -2.32. The van der Waals surface area contributed by atoms with Crippen LogP contribution in [-0.4, -0.2) is 25.6 Å². The summed E-state index contributed by atoms with van der Waals surface area (Å²) in [4.78, 5) is 21.2. The first-order valence-corrected chi connectivity index (χ1v) is 9.33. The minimum absolute atomic E-state index is 0.553. The minimum atomic E-state index is -0.812. The summed E-state index contributed by atoms with van der Waals surface area (Å²) >= 11 is 0. The Kier molecular flexibility index (Phi) is 4.30. The molecule has 2 heterocycles. The maximum atomic E-state index is 11.9. The van der Waals surface area contributed by atoms with Crippen molar-refractivity contribution in [3.8, 4) is 0 Å². The van der Waals surface area contributed by atoms with Crippen LogP contribution in [0.5, 0.6) is 0 Å². The van der Waals surface area contributed by atoms with Crippen molar-refractivity contribution in [2.75, 3.05) is 0 Å². The summed E-state index contributed by atoms with van der Waals surface area (Å²) in [5.41, 5.74) is 4.14. The molecule has 0 radical (unpaired) electrons. The lowest BCUT2D eigenvalue weighted by atomic mass is 9.78. The number of nitrogens with zero attached hydrogens (tertiary/aromatic N) is 3. The van der Waals surface area contributed by atoms with Crippen molar-refractivity contribution in [3.05, 3.63) is 71.2 Å². The van der Waals surface area contributed by atoms with Gasteiger partial charge in [0.2, 0.25) is 0 Å². The van der Waals surface area contributed by atoms with Crippen molar-refractivity contribution in [3.63, 3.8) is 0 Å². The Hall–Kier alpha value is -2.95. The van der Waals surface area contributed by atoms with E-state index in [9.17, 15) is 9.90 Å². The molecule has 1 aliphatic carbocycles. The standard InChI is InChI=1S/C22H23N3O2/c1-3-18-24-19-15(2)10-13-23-20(19)25(18)14-16-6-8-17(9-7-16)22(21(26)27)11-4-5-12-22/h4-10,13H,3,11-12,14H2,1-2H3,(H,26,27). The third-order valence-corrected chi connectivity index (χ3v) is 5.59. The zero-order chi connectivity index (χ0) is 19.0. The van der Waals surface area contributed by atoms with Crippen LogP contribution in [0.3, 0.4) is 0 Å². The smallest absolute Gasteiger partial charge is 0.314 e.